The van der Waals surface area contributed by atoms with Crippen molar-refractivity contribution in [3.63, 3.8) is 0 Å². The van der Waals surface area contributed by atoms with Crippen molar-refractivity contribution in [2.24, 2.45) is 5.92 Å². The number of benzene rings is 2. The van der Waals surface area contributed by atoms with Gasteiger partial charge >= 0.3 is 0 Å². The molecule has 3 nitrogen and oxygen atoms in total. The van der Waals surface area contributed by atoms with Crippen LogP contribution in [0, 0.1) is 11.7 Å². The molecule has 3 atom stereocenters. The van der Waals surface area contributed by atoms with Gasteiger partial charge in [0.15, 0.2) is 0 Å². The molecule has 5 rings (SSSR count). The first-order valence-electron chi connectivity index (χ1n) is 8.38. The third-order valence-corrected chi connectivity index (χ3v) is 5.30. The first kappa shape index (κ1) is 15.2. The second kappa shape index (κ2) is 5.93. The van der Waals surface area contributed by atoms with Gasteiger partial charge in [-0.25, -0.2) is 4.39 Å². The number of rotatable bonds is 3. The van der Waals surface area contributed by atoms with Gasteiger partial charge in [-0.05, 0) is 54.8 Å². The van der Waals surface area contributed by atoms with Crippen LogP contribution in [0.25, 0.3) is 0 Å². The van der Waals surface area contributed by atoms with Crippen LogP contribution in [0.4, 0.5) is 10.1 Å². The molecule has 0 N–H and O–H groups in total. The van der Waals surface area contributed by atoms with E-state index in [1.54, 1.807) is 19.2 Å². The molecule has 0 aromatic heterocycles. The van der Waals surface area contributed by atoms with Gasteiger partial charge in [-0.2, -0.15) is 0 Å². The van der Waals surface area contributed by atoms with E-state index in [4.69, 9.17) is 4.74 Å². The molecule has 24 heavy (non-hydrogen) atoms. The fourth-order valence-electron chi connectivity index (χ4n) is 4.22. The number of ether oxygens (including phenoxy) is 1. The molecule has 1 aliphatic carbocycles. The molecule has 0 radical (unpaired) electrons. The number of methoxy groups -OCH3 is 1. The molecular formula is C20H20FNO2. The van der Waals surface area contributed by atoms with E-state index in [1.165, 1.54) is 6.07 Å². The van der Waals surface area contributed by atoms with E-state index in [2.05, 4.69) is 4.90 Å². The number of halogens is 1. The topological polar surface area (TPSA) is 29.5 Å². The molecule has 2 aliphatic heterocycles. The summed E-state index contributed by atoms with van der Waals surface area (Å²) in [5, 5.41) is 0. The van der Waals surface area contributed by atoms with Crippen LogP contribution in [0.3, 0.4) is 0 Å². The maximum Gasteiger partial charge on any atom is 0.140 e. The molecule has 124 valence electrons. The molecule has 2 aromatic carbocycles. The van der Waals surface area contributed by atoms with Crippen LogP contribution in [0.15, 0.2) is 48.5 Å². The minimum atomic E-state index is -0.254. The summed E-state index contributed by atoms with van der Waals surface area (Å²) < 4.78 is 19.0. The van der Waals surface area contributed by atoms with Crippen LogP contribution in [0.2, 0.25) is 0 Å². The van der Waals surface area contributed by atoms with E-state index >= 15 is 0 Å². The van der Waals surface area contributed by atoms with Crippen molar-refractivity contribution in [1.29, 1.82) is 0 Å². The molecular weight excluding hydrogens is 305 g/mol. The number of ketones is 1. The van der Waals surface area contributed by atoms with Gasteiger partial charge < -0.3 is 9.64 Å². The Hall–Kier alpha value is -2.36. The van der Waals surface area contributed by atoms with Crippen LogP contribution in [0.1, 0.15) is 30.9 Å². The number of carbonyl (C=O) groups excluding carboxylic acids is 1. The summed E-state index contributed by atoms with van der Waals surface area (Å²) in [5.41, 5.74) is 1.95. The summed E-state index contributed by atoms with van der Waals surface area (Å²) in [5.74, 6) is 0.805. The number of anilines is 1. The lowest BCUT2D eigenvalue weighted by Crippen LogP contribution is -2.54. The standard InChI is InChI=1S/C20H20FNO2/c1-24-17-8-5-15(6-9-17)22-16-7-10-18(19(23)12-16)20(22)13-3-2-4-14(21)11-13/h2-6,8-9,11,16,18,20H,7,10,12H2,1H3/t16-,18+,20-/m0/s1. The Labute approximate surface area is 141 Å². The number of Topliss-reactive ketones (excluding diaryl/α,β-unsaturated/α-hetero) is 1. The van der Waals surface area contributed by atoms with Crippen molar-refractivity contribution in [1.82, 2.24) is 0 Å². The molecule has 2 saturated heterocycles. The van der Waals surface area contributed by atoms with Crippen LogP contribution >= 0.6 is 0 Å². The van der Waals surface area contributed by atoms with Crippen molar-refractivity contribution in [2.75, 3.05) is 12.0 Å². The van der Waals surface area contributed by atoms with Gasteiger partial charge in [0.2, 0.25) is 0 Å². The zero-order valence-corrected chi connectivity index (χ0v) is 13.6. The first-order chi connectivity index (χ1) is 11.7. The predicted octanol–water partition coefficient (Wildman–Crippen LogP) is 4.13. The third-order valence-electron chi connectivity index (χ3n) is 5.30. The quantitative estimate of drug-likeness (QED) is 0.850. The van der Waals surface area contributed by atoms with Crippen molar-refractivity contribution in [2.45, 2.75) is 31.3 Å². The van der Waals surface area contributed by atoms with Gasteiger partial charge in [0.25, 0.3) is 0 Å². The highest BCUT2D eigenvalue weighted by Gasteiger charge is 2.47. The first-order valence-corrected chi connectivity index (χ1v) is 8.38. The Morgan fingerprint density at radius 2 is 1.92 bits per heavy atom. The monoisotopic (exact) mass is 325 g/mol. The molecule has 3 aliphatic rings. The normalized spacial score (nSPS) is 25.8. The van der Waals surface area contributed by atoms with E-state index in [0.717, 1.165) is 29.8 Å². The molecule has 4 heteroatoms. The van der Waals surface area contributed by atoms with Crippen molar-refractivity contribution < 1.29 is 13.9 Å². The zero-order valence-electron chi connectivity index (χ0n) is 13.6. The average molecular weight is 325 g/mol. The summed E-state index contributed by atoms with van der Waals surface area (Å²) in [6, 6.07) is 14.7. The number of piperidine rings is 2. The lowest BCUT2D eigenvalue weighted by atomic mass is 9.71. The van der Waals surface area contributed by atoms with E-state index in [-0.39, 0.29) is 23.8 Å². The van der Waals surface area contributed by atoms with Gasteiger partial charge in [-0.3, -0.25) is 4.79 Å². The second-order valence-corrected chi connectivity index (χ2v) is 6.61. The van der Waals surface area contributed by atoms with Crippen LogP contribution in [0.5, 0.6) is 5.75 Å². The summed E-state index contributed by atoms with van der Waals surface area (Å²) in [7, 11) is 1.64. The average Bonchev–Trinajstić information content (AvgIpc) is 2.61. The minimum Gasteiger partial charge on any atom is -0.497 e. The fraction of sp³-hybridized carbons (Fsp3) is 0.350. The Balaban J connectivity index is 1.78. The number of hydrogen-bond donors (Lipinski definition) is 0. The SMILES string of the molecule is COc1ccc(N2[C@H]3CC[C@H](C(=O)C3)[C@@H]2c2cccc(F)c2)cc1. The Bertz CT molecular complexity index is 758. The Morgan fingerprint density at radius 3 is 2.58 bits per heavy atom. The lowest BCUT2D eigenvalue weighted by molar-refractivity contribution is -0.128. The van der Waals surface area contributed by atoms with E-state index in [0.29, 0.717) is 12.2 Å². The second-order valence-electron chi connectivity index (χ2n) is 6.61. The molecule has 2 heterocycles. The molecule has 0 spiro atoms. The largest absolute Gasteiger partial charge is 0.497 e. The number of carbonyl (C=O) groups is 1. The highest BCUT2D eigenvalue weighted by atomic mass is 19.1. The minimum absolute atomic E-state index is 0.0566. The van der Waals surface area contributed by atoms with Gasteiger partial charge in [-0.15, -0.1) is 0 Å². The van der Waals surface area contributed by atoms with Crippen molar-refractivity contribution >= 4 is 11.5 Å². The van der Waals surface area contributed by atoms with Crippen molar-refractivity contribution in [3.05, 3.63) is 59.9 Å². The summed E-state index contributed by atoms with van der Waals surface area (Å²) >= 11 is 0. The number of nitrogens with zero attached hydrogens (tertiary/aromatic N) is 1. The molecule has 3 fully saturated rings. The zero-order chi connectivity index (χ0) is 16.7. The highest BCUT2D eigenvalue weighted by molar-refractivity contribution is 5.86. The molecule has 0 unspecified atom stereocenters. The summed E-state index contributed by atoms with van der Waals surface area (Å²) in [6.07, 6.45) is 2.48. The van der Waals surface area contributed by atoms with Gasteiger partial charge in [0, 0.05) is 24.1 Å². The summed E-state index contributed by atoms with van der Waals surface area (Å²) in [6.45, 7) is 0. The van der Waals surface area contributed by atoms with Crippen LogP contribution < -0.4 is 9.64 Å². The Kier molecular flexibility index (Phi) is 3.75. The Morgan fingerprint density at radius 1 is 1.12 bits per heavy atom. The van der Waals surface area contributed by atoms with Crippen LogP contribution in [-0.4, -0.2) is 18.9 Å². The van der Waals surface area contributed by atoms with E-state index in [9.17, 15) is 9.18 Å². The third kappa shape index (κ3) is 2.46. The lowest BCUT2D eigenvalue weighted by Gasteiger charge is -2.52. The fourth-order valence-corrected chi connectivity index (χ4v) is 4.22. The maximum atomic E-state index is 13.8. The smallest absolute Gasteiger partial charge is 0.140 e. The van der Waals surface area contributed by atoms with Crippen molar-refractivity contribution in [3.8, 4) is 5.75 Å². The van der Waals surface area contributed by atoms with Crippen LogP contribution in [-0.2, 0) is 4.79 Å². The number of hydrogen-bond acceptors (Lipinski definition) is 3. The maximum absolute atomic E-state index is 13.8. The van der Waals surface area contributed by atoms with Gasteiger partial charge in [0.1, 0.15) is 17.3 Å². The predicted molar refractivity (Wildman–Crippen MR) is 90.8 cm³/mol. The van der Waals surface area contributed by atoms with E-state index < -0.39 is 0 Å². The van der Waals surface area contributed by atoms with Gasteiger partial charge in [0.05, 0.1) is 13.2 Å². The molecule has 2 aromatic rings. The molecule has 2 bridgehead atoms. The highest BCUT2D eigenvalue weighted by Crippen LogP contribution is 2.48. The molecule has 1 saturated carbocycles. The molecule has 0 amide bonds. The van der Waals surface area contributed by atoms with E-state index in [1.807, 2.05) is 30.3 Å². The van der Waals surface area contributed by atoms with Gasteiger partial charge in [-0.1, -0.05) is 12.1 Å². The number of fused-ring (bicyclic) bond motifs is 3. The summed E-state index contributed by atoms with van der Waals surface area (Å²) in [4.78, 5) is 14.8.